The number of para-hydroxylation sites is 1. The third kappa shape index (κ3) is 2.28. The van der Waals surface area contributed by atoms with Crippen LogP contribution in [0.15, 0.2) is 40.1 Å². The summed E-state index contributed by atoms with van der Waals surface area (Å²) in [5.74, 6) is 1.52. The lowest BCUT2D eigenvalue weighted by Crippen LogP contribution is -1.85. The van der Waals surface area contributed by atoms with Gasteiger partial charge in [0.25, 0.3) is 0 Å². The Morgan fingerprint density at radius 3 is 3.00 bits per heavy atom. The van der Waals surface area contributed by atoms with Gasteiger partial charge in [-0.25, -0.2) is 4.98 Å². The summed E-state index contributed by atoms with van der Waals surface area (Å²) in [6, 6.07) is 10.0. The predicted molar refractivity (Wildman–Crippen MR) is 76.4 cm³/mol. The molecule has 0 fully saturated rings. The first-order valence-electron chi connectivity index (χ1n) is 5.86. The minimum atomic E-state index is 0.678. The molecule has 2 aromatic heterocycles. The van der Waals surface area contributed by atoms with Crippen molar-refractivity contribution in [3.63, 3.8) is 0 Å². The van der Waals surface area contributed by atoms with Gasteiger partial charge < -0.3 is 4.42 Å². The van der Waals surface area contributed by atoms with Gasteiger partial charge in [-0.3, -0.25) is 0 Å². The van der Waals surface area contributed by atoms with Gasteiger partial charge in [0.15, 0.2) is 10.8 Å². The monoisotopic (exact) mass is 277 g/mol. The highest BCUT2D eigenvalue weighted by Crippen LogP contribution is 2.30. The van der Waals surface area contributed by atoms with Crippen molar-refractivity contribution < 1.29 is 4.42 Å². The van der Waals surface area contributed by atoms with Crippen LogP contribution in [0.4, 0.5) is 0 Å². The Morgan fingerprint density at radius 1 is 1.28 bits per heavy atom. The van der Waals surface area contributed by atoms with E-state index in [0.29, 0.717) is 5.88 Å². The lowest BCUT2D eigenvalue weighted by Gasteiger charge is -1.91. The number of alkyl halides is 1. The van der Waals surface area contributed by atoms with E-state index < -0.39 is 0 Å². The van der Waals surface area contributed by atoms with E-state index in [-0.39, 0.29) is 0 Å². The Balaban J connectivity index is 1.91. The molecule has 0 amide bonds. The first kappa shape index (κ1) is 11.8. The minimum Gasteiger partial charge on any atom is -0.454 e. The van der Waals surface area contributed by atoms with Crippen molar-refractivity contribution in [1.29, 1.82) is 0 Å². The van der Waals surface area contributed by atoms with E-state index in [0.717, 1.165) is 40.3 Å². The van der Waals surface area contributed by atoms with E-state index >= 15 is 0 Å². The van der Waals surface area contributed by atoms with Gasteiger partial charge in [0.05, 0.1) is 5.69 Å². The summed E-state index contributed by atoms with van der Waals surface area (Å²) in [6.07, 6.45) is 1.89. The van der Waals surface area contributed by atoms with E-state index in [2.05, 4.69) is 10.4 Å². The van der Waals surface area contributed by atoms with E-state index in [1.54, 1.807) is 11.3 Å². The van der Waals surface area contributed by atoms with Crippen LogP contribution < -0.4 is 0 Å². The smallest absolute Gasteiger partial charge is 0.164 e. The summed E-state index contributed by atoms with van der Waals surface area (Å²) in [6.45, 7) is 0. The molecule has 3 aromatic rings. The molecule has 0 radical (unpaired) electrons. The van der Waals surface area contributed by atoms with E-state index in [1.807, 2.05) is 30.3 Å². The molecule has 0 aliphatic heterocycles. The number of aryl methyl sites for hydroxylation is 1. The Hall–Kier alpha value is -1.32. The number of benzene rings is 1. The molecule has 3 rings (SSSR count). The number of halogens is 1. The Labute approximate surface area is 114 Å². The summed E-state index contributed by atoms with van der Waals surface area (Å²) in [5.41, 5.74) is 2.00. The number of nitrogens with zero attached hydrogens (tertiary/aromatic N) is 1. The molecule has 0 spiro atoms. The van der Waals surface area contributed by atoms with Crippen LogP contribution in [0, 0.1) is 0 Å². The molecular weight excluding hydrogens is 266 g/mol. The van der Waals surface area contributed by atoms with Gasteiger partial charge in [0.1, 0.15) is 5.58 Å². The zero-order valence-corrected chi connectivity index (χ0v) is 11.3. The molecular formula is C14H12ClNOS. The minimum absolute atomic E-state index is 0.678. The second-order valence-electron chi connectivity index (χ2n) is 4.09. The first-order valence-corrected chi connectivity index (χ1v) is 7.27. The van der Waals surface area contributed by atoms with Crippen LogP contribution >= 0.6 is 22.9 Å². The van der Waals surface area contributed by atoms with Crippen LogP contribution in [0.25, 0.3) is 21.7 Å². The number of furan rings is 1. The average molecular weight is 278 g/mol. The van der Waals surface area contributed by atoms with Gasteiger partial charge in [-0.1, -0.05) is 18.2 Å². The van der Waals surface area contributed by atoms with Gasteiger partial charge in [-0.05, 0) is 25.0 Å². The fourth-order valence-corrected chi connectivity index (χ4v) is 2.81. The zero-order chi connectivity index (χ0) is 12.4. The number of aromatic nitrogens is 1. The fraction of sp³-hybridized carbons (Fsp3) is 0.214. The van der Waals surface area contributed by atoms with Crippen molar-refractivity contribution in [3.8, 4) is 10.8 Å². The number of hydrogen-bond acceptors (Lipinski definition) is 3. The maximum absolute atomic E-state index is 5.79. The van der Waals surface area contributed by atoms with Crippen molar-refractivity contribution in [3.05, 3.63) is 41.4 Å². The van der Waals surface area contributed by atoms with Gasteiger partial charge in [-0.2, -0.15) is 0 Å². The molecule has 4 heteroatoms. The molecule has 0 saturated carbocycles. The van der Waals surface area contributed by atoms with Gasteiger partial charge in [0, 0.05) is 16.6 Å². The van der Waals surface area contributed by atoms with Gasteiger partial charge in [0.2, 0.25) is 0 Å². The Kier molecular flexibility index (Phi) is 3.35. The number of thiazole rings is 1. The summed E-state index contributed by atoms with van der Waals surface area (Å²) in [4.78, 5) is 4.58. The number of fused-ring (bicyclic) bond motifs is 1. The molecule has 2 heterocycles. The molecule has 0 N–H and O–H groups in total. The molecule has 0 aliphatic rings. The summed E-state index contributed by atoms with van der Waals surface area (Å²) < 4.78 is 5.79. The molecule has 2 nitrogen and oxygen atoms in total. The quantitative estimate of drug-likeness (QED) is 0.645. The summed E-state index contributed by atoms with van der Waals surface area (Å²) in [5, 5.41) is 4.13. The SMILES string of the molecule is ClCCCc1csc(-c2cc3ccccc3o2)n1. The first-order chi connectivity index (χ1) is 8.86. The largest absolute Gasteiger partial charge is 0.454 e. The molecule has 0 atom stereocenters. The van der Waals surface area contributed by atoms with E-state index in [4.69, 9.17) is 16.0 Å². The summed E-state index contributed by atoms with van der Waals surface area (Å²) in [7, 11) is 0. The maximum atomic E-state index is 5.79. The van der Waals surface area contributed by atoms with Crippen LogP contribution in [0.2, 0.25) is 0 Å². The molecule has 0 aliphatic carbocycles. The van der Waals surface area contributed by atoms with Crippen molar-refractivity contribution in [2.75, 3.05) is 5.88 Å². The molecule has 0 saturated heterocycles. The molecule has 18 heavy (non-hydrogen) atoms. The highest BCUT2D eigenvalue weighted by molar-refractivity contribution is 7.13. The number of rotatable bonds is 4. The van der Waals surface area contributed by atoms with Crippen molar-refractivity contribution in [1.82, 2.24) is 4.98 Å². The molecule has 0 unspecified atom stereocenters. The predicted octanol–water partition coefficient (Wildman–Crippen LogP) is 4.73. The Morgan fingerprint density at radius 2 is 2.17 bits per heavy atom. The lowest BCUT2D eigenvalue weighted by molar-refractivity contribution is 0.630. The van der Waals surface area contributed by atoms with Gasteiger partial charge in [-0.15, -0.1) is 22.9 Å². The van der Waals surface area contributed by atoms with E-state index in [1.165, 1.54) is 0 Å². The Bertz CT molecular complexity index is 625. The van der Waals surface area contributed by atoms with Gasteiger partial charge >= 0.3 is 0 Å². The van der Waals surface area contributed by atoms with Crippen LogP contribution in [0.5, 0.6) is 0 Å². The zero-order valence-electron chi connectivity index (χ0n) is 9.73. The second kappa shape index (κ2) is 5.12. The van der Waals surface area contributed by atoms with Crippen molar-refractivity contribution in [2.24, 2.45) is 0 Å². The molecule has 1 aromatic carbocycles. The third-order valence-corrected chi connectivity index (χ3v) is 3.93. The van der Waals surface area contributed by atoms with Crippen LogP contribution in [-0.2, 0) is 6.42 Å². The normalized spacial score (nSPS) is 11.2. The second-order valence-corrected chi connectivity index (χ2v) is 5.32. The van der Waals surface area contributed by atoms with Crippen LogP contribution in [0.3, 0.4) is 0 Å². The summed E-state index contributed by atoms with van der Waals surface area (Å²) >= 11 is 7.31. The van der Waals surface area contributed by atoms with Crippen LogP contribution in [-0.4, -0.2) is 10.9 Å². The van der Waals surface area contributed by atoms with Crippen molar-refractivity contribution >= 4 is 33.9 Å². The third-order valence-electron chi connectivity index (χ3n) is 2.75. The fourth-order valence-electron chi connectivity index (χ4n) is 1.87. The maximum Gasteiger partial charge on any atom is 0.164 e. The standard InChI is InChI=1S/C14H12ClNOS/c15-7-3-5-11-9-18-14(16-11)13-8-10-4-1-2-6-12(10)17-13/h1-2,4,6,8-9H,3,5,7H2. The average Bonchev–Trinajstić information content (AvgIpc) is 3.02. The van der Waals surface area contributed by atoms with Crippen LogP contribution in [0.1, 0.15) is 12.1 Å². The highest BCUT2D eigenvalue weighted by atomic mass is 35.5. The molecule has 92 valence electrons. The van der Waals surface area contributed by atoms with Crippen molar-refractivity contribution in [2.45, 2.75) is 12.8 Å². The highest BCUT2D eigenvalue weighted by Gasteiger charge is 2.09. The molecule has 0 bridgehead atoms. The lowest BCUT2D eigenvalue weighted by atomic mass is 10.2. The topological polar surface area (TPSA) is 26.0 Å². The van der Waals surface area contributed by atoms with E-state index in [9.17, 15) is 0 Å². The number of hydrogen-bond donors (Lipinski definition) is 0.